The van der Waals surface area contributed by atoms with Gasteiger partial charge in [-0.2, -0.15) is 0 Å². The Balaban J connectivity index is 2.12. The van der Waals surface area contributed by atoms with Crippen LogP contribution in [-0.4, -0.2) is 42.3 Å². The van der Waals surface area contributed by atoms with Crippen LogP contribution >= 0.6 is 0 Å². The van der Waals surface area contributed by atoms with Crippen LogP contribution in [-0.2, 0) is 4.74 Å². The fourth-order valence-electron chi connectivity index (χ4n) is 3.67. The minimum atomic E-state index is 0.0317. The molecule has 0 aromatic rings. The second kappa shape index (κ2) is 5.89. The first-order chi connectivity index (χ1) is 8.64. The minimum absolute atomic E-state index is 0.0317. The van der Waals surface area contributed by atoms with Crippen molar-refractivity contribution in [2.45, 2.75) is 69.9 Å². The molecule has 3 heteroatoms. The molecule has 2 fully saturated rings. The summed E-state index contributed by atoms with van der Waals surface area (Å²) in [6, 6.07) is 0. The van der Waals surface area contributed by atoms with Crippen molar-refractivity contribution >= 4 is 0 Å². The Labute approximate surface area is 112 Å². The predicted molar refractivity (Wildman–Crippen MR) is 75.7 cm³/mol. The van der Waals surface area contributed by atoms with Crippen molar-refractivity contribution in [1.29, 1.82) is 0 Å². The van der Waals surface area contributed by atoms with Gasteiger partial charge in [0.1, 0.15) is 0 Å². The highest BCUT2D eigenvalue weighted by molar-refractivity contribution is 5.00. The fraction of sp³-hybridized carbons (Fsp3) is 1.00. The third-order valence-electron chi connectivity index (χ3n) is 5.13. The minimum Gasteiger partial charge on any atom is -0.375 e. The van der Waals surface area contributed by atoms with Crippen molar-refractivity contribution in [2.75, 3.05) is 26.2 Å². The molecule has 2 unspecified atom stereocenters. The van der Waals surface area contributed by atoms with Crippen molar-refractivity contribution in [2.24, 2.45) is 5.73 Å². The maximum Gasteiger partial charge on any atom is 0.0670 e. The van der Waals surface area contributed by atoms with Gasteiger partial charge in [0.15, 0.2) is 0 Å². The lowest BCUT2D eigenvalue weighted by molar-refractivity contribution is -0.128. The lowest BCUT2D eigenvalue weighted by atomic mass is 9.77. The van der Waals surface area contributed by atoms with E-state index in [4.69, 9.17) is 10.5 Å². The lowest BCUT2D eigenvalue weighted by Gasteiger charge is -2.51. The molecule has 0 aromatic heterocycles. The van der Waals surface area contributed by atoms with Crippen molar-refractivity contribution < 1.29 is 4.74 Å². The van der Waals surface area contributed by atoms with Crippen LogP contribution in [0.1, 0.15) is 58.8 Å². The van der Waals surface area contributed by atoms with Crippen LogP contribution in [0.2, 0.25) is 0 Å². The van der Waals surface area contributed by atoms with Gasteiger partial charge in [-0.25, -0.2) is 0 Å². The Morgan fingerprint density at radius 3 is 2.39 bits per heavy atom. The molecule has 3 nitrogen and oxygen atoms in total. The zero-order valence-corrected chi connectivity index (χ0v) is 12.2. The molecule has 0 amide bonds. The van der Waals surface area contributed by atoms with Crippen molar-refractivity contribution in [3.8, 4) is 0 Å². The van der Waals surface area contributed by atoms with Gasteiger partial charge in [0.25, 0.3) is 0 Å². The molecule has 2 aliphatic heterocycles. The molecule has 0 bridgehead atoms. The summed E-state index contributed by atoms with van der Waals surface area (Å²) in [4.78, 5) is 2.69. The molecular weight excluding hydrogens is 224 g/mol. The van der Waals surface area contributed by atoms with Crippen molar-refractivity contribution in [1.82, 2.24) is 4.90 Å². The summed E-state index contributed by atoms with van der Waals surface area (Å²) >= 11 is 0. The molecule has 0 aliphatic carbocycles. The Kier molecular flexibility index (Phi) is 4.68. The molecule has 0 radical (unpaired) electrons. The summed E-state index contributed by atoms with van der Waals surface area (Å²) in [7, 11) is 0. The number of likely N-dealkylation sites (tertiary alicyclic amines) is 1. The number of rotatable bonds is 3. The fourth-order valence-corrected chi connectivity index (χ4v) is 3.67. The van der Waals surface area contributed by atoms with Gasteiger partial charge < -0.3 is 10.5 Å². The van der Waals surface area contributed by atoms with Crippen molar-refractivity contribution in [3.63, 3.8) is 0 Å². The second-order valence-electron chi connectivity index (χ2n) is 6.41. The summed E-state index contributed by atoms with van der Waals surface area (Å²) in [5, 5.41) is 0. The summed E-state index contributed by atoms with van der Waals surface area (Å²) < 4.78 is 6.01. The molecule has 106 valence electrons. The van der Waals surface area contributed by atoms with Crippen LogP contribution in [0.4, 0.5) is 0 Å². The summed E-state index contributed by atoms with van der Waals surface area (Å²) in [6.45, 7) is 8.61. The highest BCUT2D eigenvalue weighted by atomic mass is 16.5. The number of ether oxygens (including phenoxy) is 1. The number of hydrogen-bond acceptors (Lipinski definition) is 3. The largest absolute Gasteiger partial charge is 0.375 e. The maximum atomic E-state index is 6.20. The topological polar surface area (TPSA) is 38.5 Å². The average Bonchev–Trinajstić information content (AvgIpc) is 2.68. The highest BCUT2D eigenvalue weighted by Gasteiger charge is 2.45. The van der Waals surface area contributed by atoms with E-state index in [9.17, 15) is 0 Å². The van der Waals surface area contributed by atoms with Gasteiger partial charge in [0, 0.05) is 18.7 Å². The van der Waals surface area contributed by atoms with Crippen LogP contribution in [0.5, 0.6) is 0 Å². The molecule has 2 atom stereocenters. The second-order valence-corrected chi connectivity index (χ2v) is 6.41. The smallest absolute Gasteiger partial charge is 0.0670 e. The van der Waals surface area contributed by atoms with Gasteiger partial charge in [-0.3, -0.25) is 4.90 Å². The van der Waals surface area contributed by atoms with Crippen LogP contribution < -0.4 is 5.73 Å². The number of hydrogen-bond donors (Lipinski definition) is 1. The Bertz CT molecular complexity index is 263. The lowest BCUT2D eigenvalue weighted by Crippen LogP contribution is -2.61. The first-order valence-electron chi connectivity index (χ1n) is 7.73. The zero-order valence-electron chi connectivity index (χ0n) is 12.2. The molecule has 2 aliphatic rings. The SMILES string of the molecule is CCC1(C)CC(CN)(N2CCCCCC2)CCO1. The van der Waals surface area contributed by atoms with Gasteiger partial charge in [-0.1, -0.05) is 19.8 Å². The quantitative estimate of drug-likeness (QED) is 0.841. The highest BCUT2D eigenvalue weighted by Crippen LogP contribution is 2.38. The predicted octanol–water partition coefficient (Wildman–Crippen LogP) is 2.54. The van der Waals surface area contributed by atoms with Gasteiger partial charge in [0.2, 0.25) is 0 Å². The first kappa shape index (κ1) is 14.3. The van der Waals surface area contributed by atoms with E-state index in [1.54, 1.807) is 0 Å². The van der Waals surface area contributed by atoms with E-state index in [-0.39, 0.29) is 11.1 Å². The standard InChI is InChI=1S/C15H30N2O/c1-3-14(2)12-15(13-16,8-11-18-14)17-9-6-4-5-7-10-17/h3-13,16H2,1-2H3. The van der Waals surface area contributed by atoms with Crippen LogP contribution in [0.15, 0.2) is 0 Å². The van der Waals surface area contributed by atoms with E-state index < -0.39 is 0 Å². The van der Waals surface area contributed by atoms with E-state index in [2.05, 4.69) is 18.7 Å². The summed E-state index contributed by atoms with van der Waals surface area (Å²) in [6.07, 6.45) is 8.75. The van der Waals surface area contributed by atoms with Gasteiger partial charge >= 0.3 is 0 Å². The first-order valence-corrected chi connectivity index (χ1v) is 7.73. The van der Waals surface area contributed by atoms with E-state index in [1.165, 1.54) is 38.8 Å². The van der Waals surface area contributed by atoms with Crippen LogP contribution in [0.3, 0.4) is 0 Å². The normalized spacial score (nSPS) is 39.5. The van der Waals surface area contributed by atoms with Crippen LogP contribution in [0, 0.1) is 0 Å². The van der Waals surface area contributed by atoms with Gasteiger partial charge in [-0.15, -0.1) is 0 Å². The van der Waals surface area contributed by atoms with Gasteiger partial charge in [0.05, 0.1) is 5.60 Å². The van der Waals surface area contributed by atoms with E-state index >= 15 is 0 Å². The Morgan fingerprint density at radius 2 is 1.83 bits per heavy atom. The molecule has 2 saturated heterocycles. The summed E-state index contributed by atoms with van der Waals surface area (Å²) in [5.41, 5.74) is 6.43. The number of nitrogens with zero attached hydrogens (tertiary/aromatic N) is 1. The van der Waals surface area contributed by atoms with E-state index in [0.29, 0.717) is 0 Å². The van der Waals surface area contributed by atoms with Crippen molar-refractivity contribution in [3.05, 3.63) is 0 Å². The third-order valence-corrected chi connectivity index (χ3v) is 5.13. The van der Waals surface area contributed by atoms with E-state index in [1.807, 2.05) is 0 Å². The summed E-state index contributed by atoms with van der Waals surface area (Å²) in [5.74, 6) is 0. The zero-order chi connectivity index (χ0) is 13.1. The number of nitrogens with two attached hydrogens (primary N) is 1. The van der Waals surface area contributed by atoms with Crippen LogP contribution in [0.25, 0.3) is 0 Å². The van der Waals surface area contributed by atoms with Gasteiger partial charge in [-0.05, 0) is 52.1 Å². The molecule has 0 saturated carbocycles. The third kappa shape index (κ3) is 2.89. The Hall–Kier alpha value is -0.120. The molecule has 2 N–H and O–H groups in total. The molecule has 18 heavy (non-hydrogen) atoms. The maximum absolute atomic E-state index is 6.20. The average molecular weight is 254 g/mol. The Morgan fingerprint density at radius 1 is 1.17 bits per heavy atom. The molecule has 0 spiro atoms. The van der Waals surface area contributed by atoms with E-state index in [0.717, 1.165) is 32.4 Å². The molecule has 2 heterocycles. The monoisotopic (exact) mass is 254 g/mol. The molecule has 2 rings (SSSR count). The molecular formula is C15H30N2O. The molecule has 0 aromatic carbocycles.